The van der Waals surface area contributed by atoms with E-state index in [0.29, 0.717) is 67.8 Å². The number of nitrogens with one attached hydrogen (secondary N) is 4. The van der Waals surface area contributed by atoms with Gasteiger partial charge in [0, 0.05) is 41.8 Å². The maximum atomic E-state index is 14.0. The van der Waals surface area contributed by atoms with Crippen molar-refractivity contribution in [3.63, 3.8) is 0 Å². The largest absolute Gasteiger partial charge is 0.453 e. The number of benzene rings is 5. The van der Waals surface area contributed by atoms with Crippen molar-refractivity contribution < 1.29 is 38.2 Å². The average Bonchev–Trinajstić information content (AvgIpc) is 4.09. The number of rotatable bonds is 12. The van der Waals surface area contributed by atoms with Gasteiger partial charge in [0.1, 0.15) is 24.2 Å². The highest BCUT2D eigenvalue weighted by Crippen LogP contribution is 2.35. The summed E-state index contributed by atoms with van der Waals surface area (Å²) >= 11 is 0. The van der Waals surface area contributed by atoms with Crippen molar-refractivity contribution in [3.05, 3.63) is 144 Å². The molecule has 0 saturated carbocycles. The Labute approximate surface area is 369 Å². The molecule has 328 valence electrons. The minimum absolute atomic E-state index is 0.346. The van der Waals surface area contributed by atoms with Crippen molar-refractivity contribution in [2.24, 2.45) is 0 Å². The minimum Gasteiger partial charge on any atom is -0.453 e. The Hall–Kier alpha value is -7.68. The number of carbonyl (C=O) groups excluding carboxylic acids is 6. The summed E-state index contributed by atoms with van der Waals surface area (Å²) in [5.41, 5.74) is 4.92. The standard InChI is InChI=1S/C49H49N7O8/c1-63-48(61)52-42(32-16-8-4-9-17-32)46(59)54-26-12-20-38(54)44(57)50-34-22-24-36-37-25-23-35(29-41(37)56(40(36)28-34)30-31-14-6-3-7-15-31)51-45(58)39-21-13-27-55(39)47(60)43(53-49(62)64-2)33-18-10-5-11-19-33/h3-11,14-19,22-25,28-29,38-39,42-43H,12-13,20-21,26-27,30H2,1-2H3,(H,50,57)(H,51,58)(H,52,61)(H,53,62)/t38-,39-,42+,43+/m0/s1. The monoisotopic (exact) mass is 863 g/mol. The number of amides is 6. The number of anilines is 2. The molecule has 2 fully saturated rings. The van der Waals surface area contributed by atoms with E-state index >= 15 is 0 Å². The Morgan fingerprint density at radius 2 is 0.969 bits per heavy atom. The number of carbonyl (C=O) groups is 6. The van der Waals surface area contributed by atoms with Crippen LogP contribution in [0.2, 0.25) is 0 Å². The molecule has 0 spiro atoms. The van der Waals surface area contributed by atoms with Gasteiger partial charge in [-0.05, 0) is 66.6 Å². The van der Waals surface area contributed by atoms with E-state index in [2.05, 4.69) is 25.8 Å². The number of nitrogens with zero attached hydrogens (tertiary/aromatic N) is 3. The highest BCUT2D eigenvalue weighted by molar-refractivity contribution is 6.11. The fourth-order valence-electron chi connectivity index (χ4n) is 8.80. The molecule has 2 aliphatic heterocycles. The van der Waals surface area contributed by atoms with Crippen molar-refractivity contribution in [2.75, 3.05) is 37.9 Å². The Morgan fingerprint density at radius 3 is 1.38 bits per heavy atom. The first-order valence-corrected chi connectivity index (χ1v) is 21.2. The van der Waals surface area contributed by atoms with E-state index in [1.165, 1.54) is 24.0 Å². The van der Waals surface area contributed by atoms with Gasteiger partial charge in [-0.1, -0.05) is 103 Å². The SMILES string of the molecule is COC(=O)N[C@@H](C(=O)N1CCC[C@H]1C(=O)Nc1ccc2c3ccc(NC(=O)[C@@H]4CCCN4C(=O)[C@H](NC(=O)OC)c4ccccc4)cc3n(Cc3ccccc3)c2c1)c1ccccc1. The van der Waals surface area contributed by atoms with Gasteiger partial charge in [0.2, 0.25) is 11.8 Å². The summed E-state index contributed by atoms with van der Waals surface area (Å²) in [7, 11) is 2.46. The highest BCUT2D eigenvalue weighted by Gasteiger charge is 2.40. The van der Waals surface area contributed by atoms with E-state index in [-0.39, 0.29) is 11.8 Å². The molecule has 6 amide bonds. The molecule has 4 N–H and O–H groups in total. The van der Waals surface area contributed by atoms with Crippen LogP contribution in [-0.2, 0) is 35.2 Å². The molecule has 0 radical (unpaired) electrons. The van der Waals surface area contributed by atoms with Crippen molar-refractivity contribution in [1.29, 1.82) is 0 Å². The molecule has 64 heavy (non-hydrogen) atoms. The van der Waals surface area contributed by atoms with Gasteiger partial charge in [-0.15, -0.1) is 0 Å². The third kappa shape index (κ3) is 9.09. The van der Waals surface area contributed by atoms with Crippen LogP contribution in [0.25, 0.3) is 21.8 Å². The van der Waals surface area contributed by atoms with Crippen molar-refractivity contribution in [3.8, 4) is 0 Å². The molecule has 5 aromatic carbocycles. The summed E-state index contributed by atoms with van der Waals surface area (Å²) in [5, 5.41) is 13.3. The molecule has 1 aromatic heterocycles. The van der Waals surface area contributed by atoms with Crippen LogP contribution >= 0.6 is 0 Å². The van der Waals surface area contributed by atoms with Gasteiger partial charge >= 0.3 is 12.2 Å². The molecular weight excluding hydrogens is 815 g/mol. The van der Waals surface area contributed by atoms with Crippen LogP contribution in [0.3, 0.4) is 0 Å². The molecule has 15 heteroatoms. The zero-order chi connectivity index (χ0) is 44.7. The van der Waals surface area contributed by atoms with Crippen LogP contribution in [0.4, 0.5) is 21.0 Å². The zero-order valence-electron chi connectivity index (χ0n) is 35.5. The number of fused-ring (bicyclic) bond motifs is 3. The van der Waals surface area contributed by atoms with E-state index in [1.54, 1.807) is 48.5 Å². The predicted octanol–water partition coefficient (Wildman–Crippen LogP) is 6.90. The van der Waals surface area contributed by atoms with Crippen molar-refractivity contribution >= 4 is 69.0 Å². The summed E-state index contributed by atoms with van der Waals surface area (Å²) in [6.45, 7) is 1.18. The molecule has 0 bridgehead atoms. The highest BCUT2D eigenvalue weighted by atomic mass is 16.5. The lowest BCUT2D eigenvalue weighted by atomic mass is 10.0. The van der Waals surface area contributed by atoms with Gasteiger partial charge in [0.05, 0.1) is 25.3 Å². The van der Waals surface area contributed by atoms with Crippen molar-refractivity contribution in [1.82, 2.24) is 25.0 Å². The number of likely N-dealkylation sites (tertiary alicyclic amines) is 2. The summed E-state index contributed by atoms with van der Waals surface area (Å²) in [6, 6.07) is 35.4. The molecule has 2 saturated heterocycles. The minimum atomic E-state index is -1.04. The molecule has 8 rings (SSSR count). The Bertz CT molecular complexity index is 2530. The van der Waals surface area contributed by atoms with Crippen molar-refractivity contribution in [2.45, 2.75) is 56.4 Å². The van der Waals surface area contributed by atoms with E-state index in [4.69, 9.17) is 9.47 Å². The number of methoxy groups -OCH3 is 2. The number of ether oxygens (including phenoxy) is 2. The second-order valence-corrected chi connectivity index (χ2v) is 15.9. The molecule has 0 aliphatic carbocycles. The van der Waals surface area contributed by atoms with Gasteiger partial charge in [-0.2, -0.15) is 0 Å². The first kappa shape index (κ1) is 43.0. The molecular formula is C49H49N7O8. The lowest BCUT2D eigenvalue weighted by molar-refractivity contribution is -0.138. The lowest BCUT2D eigenvalue weighted by Gasteiger charge is -2.28. The first-order valence-electron chi connectivity index (χ1n) is 21.2. The normalized spacial score (nSPS) is 16.8. The maximum Gasteiger partial charge on any atom is 0.407 e. The van der Waals surface area contributed by atoms with Crippen LogP contribution in [-0.4, -0.2) is 89.6 Å². The summed E-state index contributed by atoms with van der Waals surface area (Å²) in [5.74, 6) is -1.51. The van der Waals surface area contributed by atoms with Gasteiger partial charge in [0.15, 0.2) is 0 Å². The van der Waals surface area contributed by atoms with Crippen LogP contribution in [0.1, 0.15) is 54.5 Å². The molecule has 15 nitrogen and oxygen atoms in total. The fourth-order valence-corrected chi connectivity index (χ4v) is 8.80. The molecule has 6 aromatic rings. The average molecular weight is 864 g/mol. The fraction of sp³-hybridized carbons (Fsp3) is 0.265. The molecule has 0 unspecified atom stereocenters. The van der Waals surface area contributed by atoms with Crippen LogP contribution < -0.4 is 21.3 Å². The molecule has 4 atom stereocenters. The summed E-state index contributed by atoms with van der Waals surface area (Å²) < 4.78 is 11.8. The van der Waals surface area contributed by atoms with Gasteiger partial charge in [-0.25, -0.2) is 9.59 Å². The van der Waals surface area contributed by atoms with Crippen LogP contribution in [0.5, 0.6) is 0 Å². The number of alkyl carbamates (subject to hydrolysis) is 2. The Morgan fingerprint density at radius 1 is 0.562 bits per heavy atom. The van der Waals surface area contributed by atoms with E-state index in [0.717, 1.165) is 27.4 Å². The van der Waals surface area contributed by atoms with Gasteiger partial charge < -0.3 is 45.1 Å². The number of aromatic nitrogens is 1. The topological polar surface area (TPSA) is 180 Å². The van der Waals surface area contributed by atoms with Gasteiger partial charge in [0.25, 0.3) is 11.8 Å². The second-order valence-electron chi connectivity index (χ2n) is 15.9. The number of hydrogen-bond donors (Lipinski definition) is 4. The molecule has 3 heterocycles. The third-order valence-corrected chi connectivity index (χ3v) is 11.9. The third-order valence-electron chi connectivity index (χ3n) is 11.9. The Balaban J connectivity index is 1.05. The Kier molecular flexibility index (Phi) is 12.9. The molecule has 2 aliphatic rings. The summed E-state index contributed by atoms with van der Waals surface area (Å²) in [6.07, 6.45) is 0.616. The maximum absolute atomic E-state index is 14.0. The first-order chi connectivity index (χ1) is 31.1. The van der Waals surface area contributed by atoms with Gasteiger partial charge in [-0.3, -0.25) is 19.2 Å². The van der Waals surface area contributed by atoms with Crippen LogP contribution in [0.15, 0.2) is 127 Å². The van der Waals surface area contributed by atoms with E-state index < -0.39 is 48.2 Å². The smallest absolute Gasteiger partial charge is 0.407 e. The van der Waals surface area contributed by atoms with E-state index in [1.807, 2.05) is 78.9 Å². The predicted molar refractivity (Wildman–Crippen MR) is 241 cm³/mol. The second kappa shape index (κ2) is 19.2. The zero-order valence-corrected chi connectivity index (χ0v) is 35.5. The van der Waals surface area contributed by atoms with E-state index in [9.17, 15) is 28.8 Å². The quantitative estimate of drug-likeness (QED) is 0.103. The number of hydrogen-bond acceptors (Lipinski definition) is 8. The van der Waals surface area contributed by atoms with Crippen LogP contribution in [0, 0.1) is 0 Å². The summed E-state index contributed by atoms with van der Waals surface area (Å²) in [4.78, 5) is 83.7. The lowest BCUT2D eigenvalue weighted by Crippen LogP contribution is -2.48.